The molecule has 0 aromatic carbocycles. The van der Waals surface area contributed by atoms with Crippen molar-refractivity contribution in [2.24, 2.45) is 0 Å². The molecule has 4 radical (unpaired) electrons. The Morgan fingerprint density at radius 3 is 0.500 bits per heavy atom. The first-order valence-electron chi connectivity index (χ1n) is 0. The maximum Gasteiger partial charge on any atom is 0 e. The number of hydrogen-bond acceptors (Lipinski definition) is 0. The minimum atomic E-state index is 0. The fourth-order valence-electron chi connectivity index (χ4n) is 0. The molecule has 4 heteroatoms. The Kier molecular flexibility index (Phi) is 89.7. The van der Waals surface area contributed by atoms with Crippen LogP contribution in [0.3, 0.4) is 0 Å². The molecule has 0 aliphatic rings. The third kappa shape index (κ3) is 10.4. The first-order valence-corrected chi connectivity index (χ1v) is 0. The standard InChI is InChI=1S/Cu.3K. The molecule has 0 aliphatic carbocycles. The molecule has 0 spiro atoms. The molecule has 0 saturated carbocycles. The van der Waals surface area contributed by atoms with Crippen molar-refractivity contribution in [1.29, 1.82) is 0 Å². The second-order valence-electron chi connectivity index (χ2n) is 0. The smallest absolute Gasteiger partial charge is 0 e. The van der Waals surface area contributed by atoms with Crippen LogP contribution >= 0.6 is 0 Å². The zero-order valence-corrected chi connectivity index (χ0v) is 13.6. The average molecular weight is 181 g/mol. The summed E-state index contributed by atoms with van der Waals surface area (Å²) >= 11 is 0. The minimum Gasteiger partial charge on any atom is 0 e. The van der Waals surface area contributed by atoms with Crippen LogP contribution in [0.25, 0.3) is 0 Å². The van der Waals surface area contributed by atoms with Crippen molar-refractivity contribution in [3.8, 4) is 0 Å². The van der Waals surface area contributed by atoms with Crippen molar-refractivity contribution < 1.29 is 17.1 Å². The van der Waals surface area contributed by atoms with Crippen LogP contribution in [0.5, 0.6) is 0 Å². The van der Waals surface area contributed by atoms with Gasteiger partial charge < -0.3 is 0 Å². The zero-order valence-electron chi connectivity index (χ0n) is 3.30. The van der Waals surface area contributed by atoms with Gasteiger partial charge in [0.2, 0.25) is 0 Å². The van der Waals surface area contributed by atoms with Crippen molar-refractivity contribution in [1.82, 2.24) is 0 Å². The fraction of sp³-hybridized carbons (Fsp3) is 0. The van der Waals surface area contributed by atoms with Gasteiger partial charge in [-0.05, 0) is 0 Å². The molecule has 0 aromatic heterocycles. The molecule has 0 saturated heterocycles. The van der Waals surface area contributed by atoms with Crippen molar-refractivity contribution >= 4 is 154 Å². The molecular weight excluding hydrogens is 181 g/mol. The van der Waals surface area contributed by atoms with Gasteiger partial charge in [0.05, 0.1) is 0 Å². The van der Waals surface area contributed by atoms with Gasteiger partial charge in [0.15, 0.2) is 0 Å². The molecule has 0 heterocycles. The van der Waals surface area contributed by atoms with E-state index in [1.54, 1.807) is 0 Å². The van der Waals surface area contributed by atoms with E-state index in [9.17, 15) is 0 Å². The van der Waals surface area contributed by atoms with Crippen LogP contribution in [0, 0.1) is 0 Å². The largest absolute Gasteiger partial charge is 0 e. The molecule has 14 valence electrons. The van der Waals surface area contributed by atoms with E-state index in [0.29, 0.717) is 0 Å². The Bertz CT molecular complexity index is 3.25. The maximum absolute atomic E-state index is 0. The summed E-state index contributed by atoms with van der Waals surface area (Å²) in [5, 5.41) is 0. The molecule has 0 atom stereocenters. The quantitative estimate of drug-likeness (QED) is 0.414. The van der Waals surface area contributed by atoms with Crippen molar-refractivity contribution in [2.75, 3.05) is 0 Å². The van der Waals surface area contributed by atoms with Gasteiger partial charge in [-0.2, -0.15) is 0 Å². The van der Waals surface area contributed by atoms with Crippen molar-refractivity contribution in [2.45, 2.75) is 0 Å². The third-order valence-corrected chi connectivity index (χ3v) is 0. The van der Waals surface area contributed by atoms with E-state index in [1.165, 1.54) is 0 Å². The molecule has 0 aromatic rings. The van der Waals surface area contributed by atoms with Crippen LogP contribution in [0.15, 0.2) is 0 Å². The predicted molar refractivity (Wildman–Crippen MR) is 17.3 cm³/mol. The van der Waals surface area contributed by atoms with E-state index in [4.69, 9.17) is 0 Å². The maximum atomic E-state index is 0. The Labute approximate surface area is 165 Å². The van der Waals surface area contributed by atoms with Gasteiger partial charge in [-0.3, -0.25) is 0 Å². The van der Waals surface area contributed by atoms with Gasteiger partial charge in [0.25, 0.3) is 0 Å². The van der Waals surface area contributed by atoms with Gasteiger partial charge in [-0.25, -0.2) is 0 Å². The molecule has 0 rings (SSSR count). The summed E-state index contributed by atoms with van der Waals surface area (Å²) in [6, 6.07) is 0. The van der Waals surface area contributed by atoms with Gasteiger partial charge in [-0.1, -0.05) is 0 Å². The fourth-order valence-corrected chi connectivity index (χ4v) is 0. The van der Waals surface area contributed by atoms with E-state index in [-0.39, 0.29) is 171 Å². The topological polar surface area (TPSA) is 0 Å². The minimum absolute atomic E-state index is 0. The molecule has 0 nitrogen and oxygen atoms in total. The molecule has 0 fully saturated rings. The van der Waals surface area contributed by atoms with E-state index >= 15 is 0 Å². The van der Waals surface area contributed by atoms with Crippen LogP contribution in [0.4, 0.5) is 0 Å². The Morgan fingerprint density at radius 2 is 0.500 bits per heavy atom. The Hall–Kier alpha value is 5.43. The Balaban J connectivity index is 0. The van der Waals surface area contributed by atoms with Gasteiger partial charge >= 0.3 is 0 Å². The monoisotopic (exact) mass is 180 g/mol. The number of rotatable bonds is 0. The predicted octanol–water partition coefficient (Wildman–Crippen LogP) is -1.14. The first kappa shape index (κ1) is 22.7. The molecule has 0 N–H and O–H groups in total. The molecular formula is CuK3. The SMILES string of the molecule is [Cu].[K].[K].[K]. The first-order chi connectivity index (χ1) is 0. The van der Waals surface area contributed by atoms with E-state index in [1.807, 2.05) is 0 Å². The summed E-state index contributed by atoms with van der Waals surface area (Å²) in [4.78, 5) is 0. The van der Waals surface area contributed by atoms with Crippen LogP contribution in [0.2, 0.25) is 0 Å². The summed E-state index contributed by atoms with van der Waals surface area (Å²) in [6.45, 7) is 0. The second kappa shape index (κ2) is 15.8. The van der Waals surface area contributed by atoms with E-state index in [2.05, 4.69) is 0 Å². The zero-order chi connectivity index (χ0) is 0. The van der Waals surface area contributed by atoms with Crippen molar-refractivity contribution in [3.05, 3.63) is 0 Å². The molecule has 0 unspecified atom stereocenters. The van der Waals surface area contributed by atoms with Gasteiger partial charge in [0, 0.05) is 171 Å². The van der Waals surface area contributed by atoms with Crippen LogP contribution in [0.1, 0.15) is 0 Å². The third-order valence-electron chi connectivity index (χ3n) is 0. The molecule has 0 aliphatic heterocycles. The second-order valence-corrected chi connectivity index (χ2v) is 0. The van der Waals surface area contributed by atoms with Crippen LogP contribution in [-0.4, -0.2) is 154 Å². The molecule has 0 amide bonds. The normalized spacial score (nSPS) is 0. The summed E-state index contributed by atoms with van der Waals surface area (Å²) in [5.41, 5.74) is 0. The summed E-state index contributed by atoms with van der Waals surface area (Å²) < 4.78 is 0. The summed E-state index contributed by atoms with van der Waals surface area (Å²) in [7, 11) is 0. The van der Waals surface area contributed by atoms with E-state index in [0.717, 1.165) is 0 Å². The van der Waals surface area contributed by atoms with Gasteiger partial charge in [-0.15, -0.1) is 0 Å². The average Bonchev–Trinajstić information content (AvgIpc) is 0. The Morgan fingerprint density at radius 1 is 0.500 bits per heavy atom. The van der Waals surface area contributed by atoms with Crippen LogP contribution in [-0.2, 0) is 17.1 Å². The summed E-state index contributed by atoms with van der Waals surface area (Å²) in [6.07, 6.45) is 0. The molecule has 4 heavy (non-hydrogen) atoms. The van der Waals surface area contributed by atoms with E-state index < -0.39 is 0 Å². The summed E-state index contributed by atoms with van der Waals surface area (Å²) in [5.74, 6) is 0. The van der Waals surface area contributed by atoms with Crippen LogP contribution < -0.4 is 0 Å². The molecule has 0 bridgehead atoms. The number of hydrogen-bond donors (Lipinski definition) is 0. The van der Waals surface area contributed by atoms with Gasteiger partial charge in [0.1, 0.15) is 0 Å². The van der Waals surface area contributed by atoms with Crippen molar-refractivity contribution in [3.63, 3.8) is 0 Å².